The Morgan fingerprint density at radius 3 is 2.27 bits per heavy atom. The zero-order valence-electron chi connectivity index (χ0n) is 13.8. The van der Waals surface area contributed by atoms with Crippen LogP contribution in [-0.2, 0) is 6.18 Å². The molecule has 0 saturated carbocycles. The van der Waals surface area contributed by atoms with E-state index in [0.717, 1.165) is 34.7 Å². The SMILES string of the molecule is O=C(Nc1ccc(C(F)(F)F)cc1)N1CCC(c2ccccc2)CC1F. The van der Waals surface area contributed by atoms with E-state index in [2.05, 4.69) is 5.32 Å². The normalized spacial score (nSPS) is 20.7. The molecular weight excluding hydrogens is 348 g/mol. The lowest BCUT2D eigenvalue weighted by atomic mass is 9.89. The molecule has 3 rings (SSSR count). The Bertz CT molecular complexity index is 746. The van der Waals surface area contributed by atoms with Gasteiger partial charge in [0.05, 0.1) is 5.56 Å². The fourth-order valence-electron chi connectivity index (χ4n) is 3.11. The van der Waals surface area contributed by atoms with Gasteiger partial charge in [0.2, 0.25) is 0 Å². The molecular formula is C19H18F4N2O. The van der Waals surface area contributed by atoms with Crippen LogP contribution in [0.4, 0.5) is 28.0 Å². The standard InChI is InChI=1S/C19H18F4N2O/c20-17-12-14(13-4-2-1-3-5-13)10-11-25(17)18(26)24-16-8-6-15(7-9-16)19(21,22)23/h1-9,14,17H,10-12H2,(H,24,26). The van der Waals surface area contributed by atoms with Crippen LogP contribution >= 0.6 is 0 Å². The third-order valence-electron chi connectivity index (χ3n) is 4.53. The van der Waals surface area contributed by atoms with E-state index in [1.165, 1.54) is 0 Å². The fourth-order valence-corrected chi connectivity index (χ4v) is 3.11. The Morgan fingerprint density at radius 1 is 1.04 bits per heavy atom. The average Bonchev–Trinajstić information content (AvgIpc) is 2.62. The van der Waals surface area contributed by atoms with Crippen molar-refractivity contribution < 1.29 is 22.4 Å². The molecule has 2 atom stereocenters. The number of piperidine rings is 1. The van der Waals surface area contributed by atoms with Crippen molar-refractivity contribution in [3.8, 4) is 0 Å². The second-order valence-corrected chi connectivity index (χ2v) is 6.27. The number of benzene rings is 2. The van der Waals surface area contributed by atoms with Crippen LogP contribution < -0.4 is 5.32 Å². The topological polar surface area (TPSA) is 32.3 Å². The maximum absolute atomic E-state index is 14.5. The van der Waals surface area contributed by atoms with Crippen LogP contribution in [0.15, 0.2) is 54.6 Å². The molecule has 7 heteroatoms. The quantitative estimate of drug-likeness (QED) is 0.559. The van der Waals surface area contributed by atoms with Gasteiger partial charge in [-0.15, -0.1) is 0 Å². The van der Waals surface area contributed by atoms with Gasteiger partial charge in [0.15, 0.2) is 6.30 Å². The Morgan fingerprint density at radius 2 is 1.69 bits per heavy atom. The highest BCUT2D eigenvalue weighted by Crippen LogP contribution is 2.33. The van der Waals surface area contributed by atoms with E-state index in [9.17, 15) is 22.4 Å². The van der Waals surface area contributed by atoms with Gasteiger partial charge in [-0.25, -0.2) is 9.18 Å². The Kier molecular flexibility index (Phi) is 5.15. The molecule has 1 saturated heterocycles. The number of anilines is 1. The highest BCUT2D eigenvalue weighted by Gasteiger charge is 2.33. The molecule has 1 heterocycles. The molecule has 1 fully saturated rings. The summed E-state index contributed by atoms with van der Waals surface area (Å²) in [6.45, 7) is 0.243. The van der Waals surface area contributed by atoms with Crippen LogP contribution in [0.1, 0.15) is 29.9 Å². The molecule has 138 valence electrons. The van der Waals surface area contributed by atoms with Crippen LogP contribution in [0.25, 0.3) is 0 Å². The largest absolute Gasteiger partial charge is 0.416 e. The van der Waals surface area contributed by atoms with Crippen molar-refractivity contribution in [2.24, 2.45) is 0 Å². The Hall–Kier alpha value is -2.57. The maximum Gasteiger partial charge on any atom is 0.416 e. The van der Waals surface area contributed by atoms with Gasteiger partial charge in [-0.2, -0.15) is 13.2 Å². The van der Waals surface area contributed by atoms with Gasteiger partial charge in [0.1, 0.15) is 0 Å². The number of likely N-dealkylation sites (tertiary alicyclic amines) is 1. The van der Waals surface area contributed by atoms with Crippen molar-refractivity contribution in [2.45, 2.75) is 31.2 Å². The molecule has 3 nitrogen and oxygen atoms in total. The number of rotatable bonds is 2. The summed E-state index contributed by atoms with van der Waals surface area (Å²) in [5.74, 6) is 0.0429. The van der Waals surface area contributed by atoms with E-state index in [0.29, 0.717) is 6.42 Å². The van der Waals surface area contributed by atoms with Gasteiger partial charge >= 0.3 is 12.2 Å². The number of nitrogens with one attached hydrogen (secondary N) is 1. The van der Waals surface area contributed by atoms with E-state index < -0.39 is 24.1 Å². The Balaban J connectivity index is 1.60. The van der Waals surface area contributed by atoms with Gasteiger partial charge in [-0.05, 0) is 42.2 Å². The first-order valence-electron chi connectivity index (χ1n) is 8.28. The van der Waals surface area contributed by atoms with Gasteiger partial charge in [0, 0.05) is 18.7 Å². The number of nitrogens with zero attached hydrogens (tertiary/aromatic N) is 1. The summed E-state index contributed by atoms with van der Waals surface area (Å²) in [7, 11) is 0. The molecule has 2 aromatic rings. The van der Waals surface area contributed by atoms with Crippen LogP contribution in [0.2, 0.25) is 0 Å². The smallest absolute Gasteiger partial charge is 0.308 e. The molecule has 0 aliphatic carbocycles. The number of alkyl halides is 4. The summed E-state index contributed by atoms with van der Waals surface area (Å²) in [5, 5.41) is 2.45. The van der Waals surface area contributed by atoms with Gasteiger partial charge in [-0.1, -0.05) is 30.3 Å². The van der Waals surface area contributed by atoms with Crippen molar-refractivity contribution in [3.63, 3.8) is 0 Å². The van der Waals surface area contributed by atoms with Crippen LogP contribution in [-0.4, -0.2) is 23.8 Å². The maximum atomic E-state index is 14.5. The van der Waals surface area contributed by atoms with Gasteiger partial charge < -0.3 is 5.32 Å². The predicted octanol–water partition coefficient (Wildman–Crippen LogP) is 5.41. The molecule has 0 aromatic heterocycles. The summed E-state index contributed by atoms with van der Waals surface area (Å²) in [4.78, 5) is 13.3. The number of carbonyl (C=O) groups is 1. The van der Waals surface area contributed by atoms with Crippen molar-refractivity contribution in [1.29, 1.82) is 0 Å². The molecule has 2 unspecified atom stereocenters. The lowest BCUT2D eigenvalue weighted by Crippen LogP contribution is -2.45. The second-order valence-electron chi connectivity index (χ2n) is 6.27. The van der Waals surface area contributed by atoms with Crippen molar-refractivity contribution in [1.82, 2.24) is 4.90 Å². The summed E-state index contributed by atoms with van der Waals surface area (Å²) < 4.78 is 52.1. The minimum absolute atomic E-state index is 0.0429. The molecule has 1 aliphatic heterocycles. The monoisotopic (exact) mass is 366 g/mol. The Labute approximate surface area is 148 Å². The fraction of sp³-hybridized carbons (Fsp3) is 0.316. The third-order valence-corrected chi connectivity index (χ3v) is 4.53. The zero-order valence-corrected chi connectivity index (χ0v) is 13.8. The lowest BCUT2D eigenvalue weighted by Gasteiger charge is -2.35. The van der Waals surface area contributed by atoms with E-state index in [1.54, 1.807) is 0 Å². The number of urea groups is 1. The number of amides is 2. The van der Waals surface area contributed by atoms with Gasteiger partial charge in [-0.3, -0.25) is 4.90 Å². The average molecular weight is 366 g/mol. The first-order valence-corrected chi connectivity index (χ1v) is 8.28. The third kappa shape index (κ3) is 4.15. The van der Waals surface area contributed by atoms with Crippen molar-refractivity contribution >= 4 is 11.7 Å². The second kappa shape index (κ2) is 7.35. The summed E-state index contributed by atoms with van der Waals surface area (Å²) in [6, 6.07) is 13.0. The van der Waals surface area contributed by atoms with Crippen LogP contribution in [0, 0.1) is 0 Å². The van der Waals surface area contributed by atoms with Crippen molar-refractivity contribution in [3.05, 3.63) is 65.7 Å². The van der Waals surface area contributed by atoms with Crippen LogP contribution in [0.3, 0.4) is 0 Å². The molecule has 1 aliphatic rings. The molecule has 0 bridgehead atoms. The molecule has 0 radical (unpaired) electrons. The minimum atomic E-state index is -4.44. The summed E-state index contributed by atoms with van der Waals surface area (Å²) in [5.41, 5.74) is 0.431. The molecule has 2 aromatic carbocycles. The van der Waals surface area contributed by atoms with E-state index in [-0.39, 0.29) is 24.6 Å². The number of halogens is 4. The summed E-state index contributed by atoms with van der Waals surface area (Å²) in [6.07, 6.45) is -5.05. The zero-order chi connectivity index (χ0) is 18.7. The molecule has 1 N–H and O–H groups in total. The van der Waals surface area contributed by atoms with E-state index in [4.69, 9.17) is 0 Å². The summed E-state index contributed by atoms with van der Waals surface area (Å²) >= 11 is 0. The number of hydrogen-bond acceptors (Lipinski definition) is 1. The molecule has 2 amide bonds. The number of hydrogen-bond donors (Lipinski definition) is 1. The van der Waals surface area contributed by atoms with E-state index in [1.807, 2.05) is 30.3 Å². The highest BCUT2D eigenvalue weighted by atomic mass is 19.4. The van der Waals surface area contributed by atoms with Gasteiger partial charge in [0.25, 0.3) is 0 Å². The predicted molar refractivity (Wildman–Crippen MR) is 90.5 cm³/mol. The first kappa shape index (κ1) is 18.2. The van der Waals surface area contributed by atoms with Crippen LogP contribution in [0.5, 0.6) is 0 Å². The minimum Gasteiger partial charge on any atom is -0.308 e. The van der Waals surface area contributed by atoms with Crippen molar-refractivity contribution in [2.75, 3.05) is 11.9 Å². The highest BCUT2D eigenvalue weighted by molar-refractivity contribution is 5.89. The lowest BCUT2D eigenvalue weighted by molar-refractivity contribution is -0.137. The number of carbonyl (C=O) groups excluding carboxylic acids is 1. The van der Waals surface area contributed by atoms with E-state index >= 15 is 0 Å². The first-order chi connectivity index (χ1) is 12.3. The molecule has 26 heavy (non-hydrogen) atoms. The molecule has 0 spiro atoms.